The van der Waals surface area contributed by atoms with Crippen LogP contribution in [0.25, 0.3) is 5.69 Å². The fraction of sp³-hybridized carbons (Fsp3) is 0.0909. The summed E-state index contributed by atoms with van der Waals surface area (Å²) in [5.74, 6) is -0.401. The lowest BCUT2D eigenvalue weighted by Crippen LogP contribution is -1.98. The largest absolute Gasteiger partial charge is 0.238 e. The molecular formula is C11H8FN3O. The Bertz CT molecular complexity index is 530. The Hall–Kier alpha value is -2.26. The van der Waals surface area contributed by atoms with E-state index in [-0.39, 0.29) is 6.54 Å². The summed E-state index contributed by atoms with van der Waals surface area (Å²) in [4.78, 5) is 13.3. The minimum atomic E-state index is -0.401. The van der Waals surface area contributed by atoms with Crippen LogP contribution in [0.1, 0.15) is 5.56 Å². The molecule has 0 fully saturated rings. The van der Waals surface area contributed by atoms with Crippen molar-refractivity contribution in [2.45, 2.75) is 6.54 Å². The maximum atomic E-state index is 13.6. The van der Waals surface area contributed by atoms with Crippen LogP contribution in [-0.2, 0) is 11.3 Å². The zero-order chi connectivity index (χ0) is 11.4. The molecule has 1 aromatic carbocycles. The van der Waals surface area contributed by atoms with E-state index in [0.29, 0.717) is 11.3 Å². The first-order valence-corrected chi connectivity index (χ1v) is 4.63. The molecule has 2 rings (SSSR count). The number of isocyanates is 1. The molecule has 0 N–H and O–H groups in total. The molecule has 0 aliphatic carbocycles. The third kappa shape index (κ3) is 2.04. The summed E-state index contributed by atoms with van der Waals surface area (Å²) >= 11 is 0. The first-order valence-electron chi connectivity index (χ1n) is 4.63. The van der Waals surface area contributed by atoms with Crippen LogP contribution in [-0.4, -0.2) is 15.9 Å². The van der Waals surface area contributed by atoms with E-state index in [9.17, 15) is 9.18 Å². The summed E-state index contributed by atoms with van der Waals surface area (Å²) in [6.45, 7) is 0.139. The van der Waals surface area contributed by atoms with Crippen molar-refractivity contribution in [2.75, 3.05) is 0 Å². The van der Waals surface area contributed by atoms with E-state index in [1.54, 1.807) is 30.6 Å². The molecule has 16 heavy (non-hydrogen) atoms. The highest BCUT2D eigenvalue weighted by atomic mass is 19.1. The summed E-state index contributed by atoms with van der Waals surface area (Å²) in [6.07, 6.45) is 4.64. The van der Waals surface area contributed by atoms with Crippen LogP contribution in [0.5, 0.6) is 0 Å². The Morgan fingerprint density at radius 3 is 3.00 bits per heavy atom. The lowest BCUT2D eigenvalue weighted by atomic mass is 10.2. The van der Waals surface area contributed by atoms with E-state index < -0.39 is 5.82 Å². The van der Waals surface area contributed by atoms with E-state index in [2.05, 4.69) is 10.1 Å². The first-order chi connectivity index (χ1) is 7.81. The van der Waals surface area contributed by atoms with E-state index >= 15 is 0 Å². The molecule has 0 unspecified atom stereocenters. The smallest absolute Gasteiger partial charge is 0.235 e. The van der Waals surface area contributed by atoms with Crippen molar-refractivity contribution < 1.29 is 9.18 Å². The van der Waals surface area contributed by atoms with Gasteiger partial charge in [-0.1, -0.05) is 6.07 Å². The second-order valence-electron chi connectivity index (χ2n) is 3.14. The van der Waals surface area contributed by atoms with Gasteiger partial charge in [0.15, 0.2) is 0 Å². The van der Waals surface area contributed by atoms with Gasteiger partial charge in [0.1, 0.15) is 11.5 Å². The van der Waals surface area contributed by atoms with Gasteiger partial charge in [0.2, 0.25) is 6.08 Å². The molecule has 0 aliphatic heterocycles. The van der Waals surface area contributed by atoms with Crippen LogP contribution in [0.4, 0.5) is 4.39 Å². The van der Waals surface area contributed by atoms with Gasteiger partial charge in [-0.3, -0.25) is 0 Å². The standard InChI is InChI=1S/C11H8FN3O/c12-10-6-9(7-13-8-16)2-3-11(10)15-5-1-4-14-15/h1-6H,7H2. The van der Waals surface area contributed by atoms with E-state index in [0.717, 1.165) is 0 Å². The Kier molecular flexibility index (Phi) is 2.89. The van der Waals surface area contributed by atoms with Crippen LogP contribution in [0.2, 0.25) is 0 Å². The number of hydrogen-bond donors (Lipinski definition) is 0. The highest BCUT2D eigenvalue weighted by molar-refractivity contribution is 5.37. The number of aliphatic imine (C=N–C) groups is 1. The molecule has 0 amide bonds. The molecule has 2 aromatic rings. The third-order valence-corrected chi connectivity index (χ3v) is 2.09. The lowest BCUT2D eigenvalue weighted by Gasteiger charge is -2.04. The average molecular weight is 217 g/mol. The van der Waals surface area contributed by atoms with Crippen LogP contribution in [0, 0.1) is 5.82 Å². The lowest BCUT2D eigenvalue weighted by molar-refractivity contribution is 0.562. The Labute approximate surface area is 91.0 Å². The van der Waals surface area contributed by atoms with Crippen molar-refractivity contribution >= 4 is 6.08 Å². The SMILES string of the molecule is O=C=NCc1ccc(-n2cccn2)c(F)c1. The van der Waals surface area contributed by atoms with Crippen molar-refractivity contribution in [3.63, 3.8) is 0 Å². The van der Waals surface area contributed by atoms with E-state index in [1.807, 2.05) is 0 Å². The molecule has 0 saturated heterocycles. The van der Waals surface area contributed by atoms with Crippen molar-refractivity contribution in [3.05, 3.63) is 48.0 Å². The predicted molar refractivity (Wildman–Crippen MR) is 55.3 cm³/mol. The minimum absolute atomic E-state index is 0.139. The zero-order valence-electron chi connectivity index (χ0n) is 8.30. The van der Waals surface area contributed by atoms with E-state index in [4.69, 9.17) is 0 Å². The molecule has 0 spiro atoms. The van der Waals surface area contributed by atoms with Gasteiger partial charge < -0.3 is 0 Å². The molecule has 0 saturated carbocycles. The topological polar surface area (TPSA) is 47.2 Å². The van der Waals surface area contributed by atoms with Gasteiger partial charge in [0.05, 0.1) is 6.54 Å². The summed E-state index contributed by atoms with van der Waals surface area (Å²) < 4.78 is 15.1. The number of halogens is 1. The van der Waals surface area contributed by atoms with Crippen LogP contribution >= 0.6 is 0 Å². The summed E-state index contributed by atoms with van der Waals surface area (Å²) in [5, 5.41) is 3.93. The van der Waals surface area contributed by atoms with Gasteiger partial charge in [0, 0.05) is 12.4 Å². The van der Waals surface area contributed by atoms with Gasteiger partial charge in [0.25, 0.3) is 0 Å². The van der Waals surface area contributed by atoms with Crippen LogP contribution in [0.15, 0.2) is 41.7 Å². The predicted octanol–water partition coefficient (Wildman–Crippen LogP) is 1.85. The fourth-order valence-electron chi connectivity index (χ4n) is 1.37. The van der Waals surface area contributed by atoms with Crippen LogP contribution < -0.4 is 0 Å². The molecule has 1 aromatic heterocycles. The summed E-state index contributed by atoms with van der Waals surface area (Å²) in [6, 6.07) is 6.33. The second-order valence-corrected chi connectivity index (χ2v) is 3.14. The second kappa shape index (κ2) is 4.51. The molecule has 1 heterocycles. The molecule has 80 valence electrons. The molecule has 0 bridgehead atoms. The summed E-state index contributed by atoms with van der Waals surface area (Å²) in [7, 11) is 0. The Morgan fingerprint density at radius 2 is 2.38 bits per heavy atom. The number of rotatable bonds is 3. The first kappa shape index (κ1) is 10.3. The minimum Gasteiger partial charge on any atom is -0.238 e. The molecular weight excluding hydrogens is 209 g/mol. The maximum Gasteiger partial charge on any atom is 0.235 e. The number of hydrogen-bond acceptors (Lipinski definition) is 3. The normalized spacial score (nSPS) is 9.81. The Morgan fingerprint density at radius 1 is 1.50 bits per heavy atom. The Balaban J connectivity index is 2.33. The average Bonchev–Trinajstić information content (AvgIpc) is 2.80. The fourth-order valence-corrected chi connectivity index (χ4v) is 1.37. The van der Waals surface area contributed by atoms with Crippen LogP contribution in [0.3, 0.4) is 0 Å². The summed E-state index contributed by atoms with van der Waals surface area (Å²) in [5.41, 5.74) is 0.987. The maximum absolute atomic E-state index is 13.6. The molecule has 4 nitrogen and oxygen atoms in total. The third-order valence-electron chi connectivity index (χ3n) is 2.09. The quantitative estimate of drug-likeness (QED) is 0.581. The highest BCUT2D eigenvalue weighted by Crippen LogP contribution is 2.14. The van der Waals surface area contributed by atoms with Gasteiger partial charge in [-0.2, -0.15) is 5.10 Å². The van der Waals surface area contributed by atoms with Crippen molar-refractivity contribution in [3.8, 4) is 5.69 Å². The van der Waals surface area contributed by atoms with Gasteiger partial charge >= 0.3 is 0 Å². The molecule has 0 atom stereocenters. The molecule has 0 aliphatic rings. The monoisotopic (exact) mass is 217 g/mol. The number of nitrogens with zero attached hydrogens (tertiary/aromatic N) is 3. The van der Waals surface area contributed by atoms with Crippen molar-refractivity contribution in [1.82, 2.24) is 9.78 Å². The number of aromatic nitrogens is 2. The van der Waals surface area contributed by atoms with Crippen molar-refractivity contribution in [1.29, 1.82) is 0 Å². The van der Waals surface area contributed by atoms with Crippen molar-refractivity contribution in [2.24, 2.45) is 4.99 Å². The molecule has 5 heteroatoms. The van der Waals surface area contributed by atoms with Gasteiger partial charge in [-0.25, -0.2) is 18.9 Å². The number of benzene rings is 1. The zero-order valence-corrected chi connectivity index (χ0v) is 8.30. The van der Waals surface area contributed by atoms with Gasteiger partial charge in [-0.05, 0) is 23.8 Å². The van der Waals surface area contributed by atoms with E-state index in [1.165, 1.54) is 16.8 Å². The highest BCUT2D eigenvalue weighted by Gasteiger charge is 2.05. The molecule has 0 radical (unpaired) electrons. The van der Waals surface area contributed by atoms with Gasteiger partial charge in [-0.15, -0.1) is 0 Å². The number of carbonyl (C=O) groups excluding carboxylic acids is 1.